The van der Waals surface area contributed by atoms with Gasteiger partial charge in [0.25, 0.3) is 0 Å². The monoisotopic (exact) mass is 644 g/mol. The van der Waals surface area contributed by atoms with Crippen LogP contribution >= 0.6 is 11.3 Å². The van der Waals surface area contributed by atoms with E-state index in [0.29, 0.717) is 5.82 Å². The molecule has 0 spiro atoms. The smallest absolute Gasteiger partial charge is 0.160 e. The third-order valence-corrected chi connectivity index (χ3v) is 10.5. The van der Waals surface area contributed by atoms with Gasteiger partial charge in [-0.05, 0) is 71.4 Å². The van der Waals surface area contributed by atoms with Gasteiger partial charge in [-0.3, -0.25) is 4.90 Å². The maximum absolute atomic E-state index is 5.25. The zero-order valence-electron chi connectivity index (χ0n) is 26.4. The predicted octanol–water partition coefficient (Wildman–Crippen LogP) is 12.6. The maximum Gasteiger partial charge on any atom is 0.160 e. The Balaban J connectivity index is 1.13. The molecule has 0 fully saturated rings. The first kappa shape index (κ1) is 27.8. The molecule has 0 unspecified atom stereocenters. The maximum atomic E-state index is 5.25. The molecule has 0 atom stereocenters. The minimum atomic E-state index is 0.712. The molecule has 1 aliphatic rings. The van der Waals surface area contributed by atoms with E-state index in [-0.39, 0.29) is 0 Å². The summed E-state index contributed by atoms with van der Waals surface area (Å²) >= 11 is 1.83. The SMILES string of the molecule is c1ccc(N2c3ccccc3N(c3ccc(-c4nc(-c5cccc6ccccc56)c5ccccc5n4)cc3)c3c2sc2ccccc32)cc1. The van der Waals surface area contributed by atoms with Crippen molar-refractivity contribution in [2.75, 3.05) is 9.80 Å². The summed E-state index contributed by atoms with van der Waals surface area (Å²) in [5.74, 6) is 0.712. The van der Waals surface area contributed by atoms with Crippen molar-refractivity contribution < 1.29 is 0 Å². The third-order valence-electron chi connectivity index (χ3n) is 9.39. The second-order valence-electron chi connectivity index (χ2n) is 12.2. The first-order valence-electron chi connectivity index (χ1n) is 16.4. The second-order valence-corrected chi connectivity index (χ2v) is 13.3. The number of benzene rings is 7. The average Bonchev–Trinajstić information content (AvgIpc) is 3.55. The van der Waals surface area contributed by atoms with Crippen LogP contribution in [0.3, 0.4) is 0 Å². The largest absolute Gasteiger partial charge is 0.305 e. The van der Waals surface area contributed by atoms with E-state index in [1.807, 2.05) is 17.4 Å². The Morgan fingerprint density at radius 3 is 1.92 bits per heavy atom. The number of aromatic nitrogens is 2. The van der Waals surface area contributed by atoms with Crippen LogP contribution < -0.4 is 9.80 Å². The number of nitrogens with zero attached hydrogens (tertiary/aromatic N) is 4. The average molecular weight is 645 g/mol. The molecule has 9 aromatic rings. The van der Waals surface area contributed by atoms with E-state index in [1.165, 1.54) is 31.5 Å². The van der Waals surface area contributed by atoms with Gasteiger partial charge in [0.15, 0.2) is 5.82 Å². The number of anilines is 6. The molecule has 10 rings (SSSR count). The quantitative estimate of drug-likeness (QED) is 0.191. The molecule has 49 heavy (non-hydrogen) atoms. The first-order valence-corrected chi connectivity index (χ1v) is 17.2. The summed E-state index contributed by atoms with van der Waals surface area (Å²) < 4.78 is 1.26. The molecule has 0 N–H and O–H groups in total. The van der Waals surface area contributed by atoms with Crippen LogP contribution in [0.25, 0.3) is 54.4 Å². The summed E-state index contributed by atoms with van der Waals surface area (Å²) in [5.41, 5.74) is 9.67. The molecule has 0 saturated carbocycles. The summed E-state index contributed by atoms with van der Waals surface area (Å²) in [4.78, 5) is 15.1. The lowest BCUT2D eigenvalue weighted by Gasteiger charge is -2.38. The van der Waals surface area contributed by atoms with Gasteiger partial charge in [-0.2, -0.15) is 0 Å². The topological polar surface area (TPSA) is 32.3 Å². The molecule has 0 aliphatic carbocycles. The van der Waals surface area contributed by atoms with E-state index in [4.69, 9.17) is 9.97 Å². The van der Waals surface area contributed by atoms with Gasteiger partial charge < -0.3 is 4.90 Å². The van der Waals surface area contributed by atoms with Crippen molar-refractivity contribution >= 4 is 76.5 Å². The molecule has 0 amide bonds. The Hall–Kier alpha value is -6.30. The van der Waals surface area contributed by atoms with Gasteiger partial charge in [-0.15, -0.1) is 11.3 Å². The summed E-state index contributed by atoms with van der Waals surface area (Å²) in [6.45, 7) is 0. The highest BCUT2D eigenvalue weighted by molar-refractivity contribution is 7.24. The number of hydrogen-bond donors (Lipinski definition) is 0. The predicted molar refractivity (Wildman–Crippen MR) is 206 cm³/mol. The fourth-order valence-electron chi connectivity index (χ4n) is 7.16. The number of thiophene rings is 1. The minimum absolute atomic E-state index is 0.712. The fourth-order valence-corrected chi connectivity index (χ4v) is 8.39. The van der Waals surface area contributed by atoms with E-state index in [0.717, 1.165) is 50.5 Å². The first-order chi connectivity index (χ1) is 24.3. The van der Waals surface area contributed by atoms with E-state index < -0.39 is 0 Å². The van der Waals surface area contributed by atoms with E-state index >= 15 is 0 Å². The molecular formula is C44H28N4S. The Kier molecular flexibility index (Phi) is 6.32. The lowest BCUT2D eigenvalue weighted by Crippen LogP contribution is -2.22. The Labute approximate surface area is 287 Å². The third kappa shape index (κ3) is 4.44. The van der Waals surface area contributed by atoms with Gasteiger partial charge in [-0.1, -0.05) is 109 Å². The summed E-state index contributed by atoms with van der Waals surface area (Å²) in [6, 6.07) is 60.0. The molecule has 0 saturated heterocycles. The van der Waals surface area contributed by atoms with Crippen LogP contribution in [-0.4, -0.2) is 9.97 Å². The lowest BCUT2D eigenvalue weighted by molar-refractivity contribution is 1.20. The normalized spacial score (nSPS) is 12.4. The zero-order chi connectivity index (χ0) is 32.3. The molecule has 2 aromatic heterocycles. The van der Waals surface area contributed by atoms with Gasteiger partial charge in [0.1, 0.15) is 5.00 Å². The van der Waals surface area contributed by atoms with Crippen LogP contribution in [0.15, 0.2) is 170 Å². The highest BCUT2D eigenvalue weighted by Crippen LogP contribution is 2.59. The number of rotatable bonds is 4. The van der Waals surface area contributed by atoms with Crippen molar-refractivity contribution in [2.45, 2.75) is 0 Å². The van der Waals surface area contributed by atoms with Crippen LogP contribution in [0.1, 0.15) is 0 Å². The standard InChI is InChI=1S/C44H28N4S/c1-2-15-31(16-3-1)48-39-23-10-9-22-38(39)47(42-36-19-7-11-24-40(36)49-44(42)48)32-27-25-30(26-28-32)43-45-37-21-8-6-18-35(37)41(46-43)34-20-12-14-29-13-4-5-17-33(29)34/h1-28H. The van der Waals surface area contributed by atoms with E-state index in [1.54, 1.807) is 0 Å². The molecule has 1 aliphatic heterocycles. The molecular weight excluding hydrogens is 617 g/mol. The van der Waals surface area contributed by atoms with Crippen molar-refractivity contribution in [3.63, 3.8) is 0 Å². The minimum Gasteiger partial charge on any atom is -0.305 e. The van der Waals surface area contributed by atoms with Crippen LogP contribution in [0.2, 0.25) is 0 Å². The van der Waals surface area contributed by atoms with Crippen molar-refractivity contribution in [2.24, 2.45) is 0 Å². The Morgan fingerprint density at radius 1 is 0.449 bits per heavy atom. The molecule has 230 valence electrons. The number of hydrogen-bond acceptors (Lipinski definition) is 5. The van der Waals surface area contributed by atoms with Gasteiger partial charge in [0, 0.05) is 38.0 Å². The van der Waals surface area contributed by atoms with E-state index in [2.05, 4.69) is 174 Å². The summed E-state index contributed by atoms with van der Waals surface area (Å²) in [7, 11) is 0. The highest BCUT2D eigenvalue weighted by Gasteiger charge is 2.33. The van der Waals surface area contributed by atoms with Gasteiger partial charge in [-0.25, -0.2) is 9.97 Å². The fraction of sp³-hybridized carbons (Fsp3) is 0. The summed E-state index contributed by atoms with van der Waals surface area (Å²) in [6.07, 6.45) is 0. The Morgan fingerprint density at radius 2 is 1.08 bits per heavy atom. The number of para-hydroxylation sites is 4. The molecule has 7 aromatic carbocycles. The van der Waals surface area contributed by atoms with Crippen molar-refractivity contribution in [3.05, 3.63) is 170 Å². The van der Waals surface area contributed by atoms with Crippen LogP contribution in [0, 0.1) is 0 Å². The van der Waals surface area contributed by atoms with Crippen LogP contribution in [0.5, 0.6) is 0 Å². The molecule has 0 bridgehead atoms. The van der Waals surface area contributed by atoms with Crippen molar-refractivity contribution in [1.82, 2.24) is 9.97 Å². The molecule has 5 heteroatoms. The highest BCUT2D eigenvalue weighted by atomic mass is 32.1. The van der Waals surface area contributed by atoms with E-state index in [9.17, 15) is 0 Å². The molecule has 4 nitrogen and oxygen atoms in total. The van der Waals surface area contributed by atoms with Crippen molar-refractivity contribution in [3.8, 4) is 22.6 Å². The van der Waals surface area contributed by atoms with Crippen LogP contribution in [-0.2, 0) is 0 Å². The van der Waals surface area contributed by atoms with Crippen molar-refractivity contribution in [1.29, 1.82) is 0 Å². The summed E-state index contributed by atoms with van der Waals surface area (Å²) in [5, 5.41) is 5.86. The number of fused-ring (bicyclic) bond motifs is 6. The van der Waals surface area contributed by atoms with Gasteiger partial charge >= 0.3 is 0 Å². The second kappa shape index (κ2) is 11.2. The lowest BCUT2D eigenvalue weighted by atomic mass is 9.99. The molecule has 3 heterocycles. The van der Waals surface area contributed by atoms with Gasteiger partial charge in [0.05, 0.1) is 28.3 Å². The van der Waals surface area contributed by atoms with Gasteiger partial charge in [0.2, 0.25) is 0 Å². The Bertz CT molecular complexity index is 2680. The molecule has 0 radical (unpaired) electrons. The zero-order valence-corrected chi connectivity index (χ0v) is 27.2. The van der Waals surface area contributed by atoms with Crippen LogP contribution in [0.4, 0.5) is 33.4 Å².